The zero-order valence-corrected chi connectivity index (χ0v) is 8.77. The summed E-state index contributed by atoms with van der Waals surface area (Å²) in [5.74, 6) is 0. The summed E-state index contributed by atoms with van der Waals surface area (Å²) >= 11 is 0. The van der Waals surface area contributed by atoms with Crippen LogP contribution in [0, 0.1) is 0 Å². The average molecular weight is 177 g/mol. The van der Waals surface area contributed by atoms with Crippen molar-refractivity contribution in [1.82, 2.24) is 4.90 Å². The van der Waals surface area contributed by atoms with E-state index < -0.39 is 0 Å². The van der Waals surface area contributed by atoms with Crippen LogP contribution >= 0.6 is 0 Å². The summed E-state index contributed by atoms with van der Waals surface area (Å²) in [4.78, 5) is 2.24. The minimum Gasteiger partial charge on any atom is -0.375 e. The Morgan fingerprint density at radius 1 is 1.46 bits per heavy atom. The van der Waals surface area contributed by atoms with Crippen LogP contribution in [0.25, 0.3) is 0 Å². The zero-order chi connectivity index (χ0) is 9.84. The van der Waals surface area contributed by atoms with E-state index in [1.54, 1.807) is 0 Å². The number of hydrogen-bond acceptors (Lipinski definition) is 1. The summed E-state index contributed by atoms with van der Waals surface area (Å²) in [5.41, 5.74) is 3.64. The predicted octanol–water partition coefficient (Wildman–Crippen LogP) is 3.12. The van der Waals surface area contributed by atoms with Gasteiger partial charge >= 0.3 is 0 Å². The molecule has 1 nitrogen and oxygen atoms in total. The van der Waals surface area contributed by atoms with E-state index in [9.17, 15) is 0 Å². The van der Waals surface area contributed by atoms with Gasteiger partial charge < -0.3 is 4.90 Å². The number of hydrogen-bond donors (Lipinski definition) is 0. The number of nitrogens with zero attached hydrogens (tertiary/aromatic N) is 1. The second kappa shape index (κ2) is 4.31. The van der Waals surface area contributed by atoms with Crippen LogP contribution in [0.15, 0.2) is 36.1 Å². The van der Waals surface area contributed by atoms with E-state index in [2.05, 4.69) is 31.2 Å². The Labute approximate surface area is 81.4 Å². The molecule has 0 amide bonds. The molecule has 0 radical (unpaired) electrons. The molecule has 1 heterocycles. The molecule has 13 heavy (non-hydrogen) atoms. The van der Waals surface area contributed by atoms with Crippen LogP contribution in [0.5, 0.6) is 0 Å². The summed E-state index contributed by atoms with van der Waals surface area (Å²) < 4.78 is 0. The fraction of sp³-hybridized carbons (Fsp3) is 0.500. The fourth-order valence-electron chi connectivity index (χ4n) is 1.64. The van der Waals surface area contributed by atoms with E-state index in [0.29, 0.717) is 0 Å². The molecule has 1 rings (SSSR count). The van der Waals surface area contributed by atoms with Crippen molar-refractivity contribution in [1.29, 1.82) is 0 Å². The summed E-state index contributed by atoms with van der Waals surface area (Å²) in [7, 11) is 2.11. The maximum atomic E-state index is 4.11. The predicted molar refractivity (Wildman–Crippen MR) is 58.5 cm³/mol. The first-order chi connectivity index (χ1) is 6.11. The van der Waals surface area contributed by atoms with Gasteiger partial charge in [0.2, 0.25) is 0 Å². The van der Waals surface area contributed by atoms with E-state index in [-0.39, 0.29) is 0 Å². The standard InChI is InChI=1S/C12H19N/c1-10(2)9-12-7-5-6-8-13(4)11(12)3/h9H,1,3,5-8H2,2,4H3. The molecule has 1 aliphatic rings. The molecule has 0 N–H and O–H groups in total. The third kappa shape index (κ3) is 2.76. The van der Waals surface area contributed by atoms with Crippen LogP contribution in [0.2, 0.25) is 0 Å². The van der Waals surface area contributed by atoms with Crippen LogP contribution < -0.4 is 0 Å². The van der Waals surface area contributed by atoms with Gasteiger partial charge in [0.25, 0.3) is 0 Å². The second-order valence-electron chi connectivity index (χ2n) is 3.84. The first kappa shape index (κ1) is 10.1. The normalized spacial score (nSPS) is 21.8. The summed E-state index contributed by atoms with van der Waals surface area (Å²) in [5, 5.41) is 0. The largest absolute Gasteiger partial charge is 0.375 e. The van der Waals surface area contributed by atoms with Gasteiger partial charge in [0.15, 0.2) is 0 Å². The van der Waals surface area contributed by atoms with Gasteiger partial charge in [0.1, 0.15) is 0 Å². The highest BCUT2D eigenvalue weighted by atomic mass is 15.1. The van der Waals surface area contributed by atoms with Crippen LogP contribution in [-0.4, -0.2) is 18.5 Å². The van der Waals surface area contributed by atoms with E-state index in [0.717, 1.165) is 18.5 Å². The third-order valence-corrected chi connectivity index (χ3v) is 2.44. The van der Waals surface area contributed by atoms with Crippen LogP contribution in [-0.2, 0) is 0 Å². The Hall–Kier alpha value is -0.980. The summed E-state index contributed by atoms with van der Waals surface area (Å²) in [6.45, 7) is 11.2. The molecule has 1 heteroatoms. The lowest BCUT2D eigenvalue weighted by atomic mass is 10.1. The third-order valence-electron chi connectivity index (χ3n) is 2.44. The lowest BCUT2D eigenvalue weighted by Gasteiger charge is -2.19. The minimum atomic E-state index is 1.12. The summed E-state index contributed by atoms with van der Waals surface area (Å²) in [6, 6.07) is 0. The molecule has 1 aliphatic heterocycles. The van der Waals surface area contributed by atoms with E-state index >= 15 is 0 Å². The molecule has 0 aromatic heterocycles. The molecule has 72 valence electrons. The number of likely N-dealkylation sites (N-methyl/N-ethyl adjacent to an activating group) is 1. The van der Waals surface area contributed by atoms with Crippen LogP contribution in [0.4, 0.5) is 0 Å². The molecular formula is C12H19N. The second-order valence-corrected chi connectivity index (χ2v) is 3.84. The van der Waals surface area contributed by atoms with Gasteiger partial charge in [-0.05, 0) is 31.8 Å². The lowest BCUT2D eigenvalue weighted by molar-refractivity contribution is 0.430. The van der Waals surface area contributed by atoms with Gasteiger partial charge in [-0.1, -0.05) is 24.8 Å². The molecule has 1 fully saturated rings. The van der Waals surface area contributed by atoms with Crippen LogP contribution in [0.1, 0.15) is 26.2 Å². The molecule has 0 bridgehead atoms. The van der Waals surface area contributed by atoms with Crippen molar-refractivity contribution < 1.29 is 0 Å². The van der Waals surface area contributed by atoms with Crippen molar-refractivity contribution in [2.45, 2.75) is 26.2 Å². The Morgan fingerprint density at radius 2 is 2.15 bits per heavy atom. The van der Waals surface area contributed by atoms with E-state index in [1.165, 1.54) is 24.1 Å². The molecule has 0 saturated carbocycles. The van der Waals surface area contributed by atoms with Crippen molar-refractivity contribution in [3.63, 3.8) is 0 Å². The minimum absolute atomic E-state index is 1.12. The highest BCUT2D eigenvalue weighted by Crippen LogP contribution is 2.23. The SMILES string of the molecule is C=C(C)C=C1CCCCN(C)C1=C. The Balaban J connectivity index is 2.82. The monoisotopic (exact) mass is 177 g/mol. The fourth-order valence-corrected chi connectivity index (χ4v) is 1.64. The molecule has 0 spiro atoms. The lowest BCUT2D eigenvalue weighted by Crippen LogP contribution is -2.17. The summed E-state index contributed by atoms with van der Waals surface area (Å²) in [6.07, 6.45) is 5.84. The highest BCUT2D eigenvalue weighted by Gasteiger charge is 2.11. The zero-order valence-electron chi connectivity index (χ0n) is 8.77. The quantitative estimate of drug-likeness (QED) is 0.595. The molecule has 1 saturated heterocycles. The Bertz CT molecular complexity index is 248. The molecular weight excluding hydrogens is 158 g/mol. The van der Waals surface area contributed by atoms with Gasteiger partial charge in [0.05, 0.1) is 0 Å². The average Bonchev–Trinajstić information content (AvgIpc) is 2.19. The van der Waals surface area contributed by atoms with Crippen molar-refractivity contribution in [2.75, 3.05) is 13.6 Å². The molecule has 0 unspecified atom stereocenters. The van der Waals surface area contributed by atoms with Gasteiger partial charge in [-0.3, -0.25) is 0 Å². The first-order valence-corrected chi connectivity index (χ1v) is 4.88. The molecule has 0 atom stereocenters. The molecule has 0 aliphatic carbocycles. The van der Waals surface area contributed by atoms with Crippen molar-refractivity contribution in [3.05, 3.63) is 36.1 Å². The molecule has 0 aromatic rings. The number of likely N-dealkylation sites (tertiary alicyclic amines) is 1. The van der Waals surface area contributed by atoms with Gasteiger partial charge in [0, 0.05) is 19.3 Å². The topological polar surface area (TPSA) is 3.24 Å². The van der Waals surface area contributed by atoms with E-state index in [4.69, 9.17) is 0 Å². The number of rotatable bonds is 1. The van der Waals surface area contributed by atoms with E-state index in [1.807, 2.05) is 6.92 Å². The first-order valence-electron chi connectivity index (χ1n) is 4.88. The van der Waals surface area contributed by atoms with Crippen molar-refractivity contribution in [3.8, 4) is 0 Å². The maximum Gasteiger partial charge on any atom is 0.0323 e. The molecule has 0 aromatic carbocycles. The van der Waals surface area contributed by atoms with Gasteiger partial charge in [-0.2, -0.15) is 0 Å². The van der Waals surface area contributed by atoms with Gasteiger partial charge in [-0.25, -0.2) is 0 Å². The number of allylic oxidation sites excluding steroid dienone is 3. The van der Waals surface area contributed by atoms with Crippen LogP contribution in [0.3, 0.4) is 0 Å². The maximum absolute atomic E-state index is 4.11. The van der Waals surface area contributed by atoms with Crippen molar-refractivity contribution >= 4 is 0 Å². The smallest absolute Gasteiger partial charge is 0.0323 e. The highest BCUT2D eigenvalue weighted by molar-refractivity contribution is 5.33. The van der Waals surface area contributed by atoms with Gasteiger partial charge in [-0.15, -0.1) is 0 Å². The van der Waals surface area contributed by atoms with Crippen molar-refractivity contribution in [2.24, 2.45) is 0 Å². The Kier molecular flexibility index (Phi) is 3.35. The Morgan fingerprint density at radius 3 is 2.77 bits per heavy atom.